The minimum atomic E-state index is 0.657. The van der Waals surface area contributed by atoms with E-state index in [0.717, 1.165) is 5.25 Å². The van der Waals surface area contributed by atoms with Crippen LogP contribution < -0.4 is 5.32 Å². The lowest BCUT2D eigenvalue weighted by Crippen LogP contribution is -2.18. The van der Waals surface area contributed by atoms with Crippen LogP contribution in [0.4, 0.5) is 5.69 Å². The minimum absolute atomic E-state index is 0.657. The molecule has 0 saturated carbocycles. The number of rotatable bonds is 4. The first-order chi connectivity index (χ1) is 8.19. The van der Waals surface area contributed by atoms with E-state index in [1.54, 1.807) is 0 Å². The topological polar surface area (TPSA) is 12.0 Å². The lowest BCUT2D eigenvalue weighted by Gasteiger charge is -2.15. The van der Waals surface area contributed by atoms with Gasteiger partial charge in [0.25, 0.3) is 0 Å². The molecular formula is C15H23NS. The van der Waals surface area contributed by atoms with Gasteiger partial charge < -0.3 is 5.32 Å². The van der Waals surface area contributed by atoms with Crippen molar-refractivity contribution in [3.8, 4) is 0 Å². The fraction of sp³-hybridized carbons (Fsp3) is 0.600. The van der Waals surface area contributed by atoms with Crippen LogP contribution in [0.15, 0.2) is 24.3 Å². The highest BCUT2D eigenvalue weighted by molar-refractivity contribution is 8.00. The Balaban J connectivity index is 1.94. The number of nitrogens with one attached hydrogen (secondary N) is 1. The van der Waals surface area contributed by atoms with Crippen LogP contribution in [0.1, 0.15) is 45.1 Å². The summed E-state index contributed by atoms with van der Waals surface area (Å²) in [4.78, 5) is 0. The maximum Gasteiger partial charge on any atom is 0.0362 e. The summed E-state index contributed by atoms with van der Waals surface area (Å²) in [6, 6.07) is 9.65. The zero-order valence-electron chi connectivity index (χ0n) is 11.1. The standard InChI is InChI=1S/C15H23NS/c1-4-11(2)13-5-7-14(8-6-13)16-15-9-12(3)17-10-15/h5-8,11-12,15-16H,4,9-10H2,1-3H3. The number of hydrogen-bond donors (Lipinski definition) is 1. The molecule has 1 aliphatic rings. The van der Waals surface area contributed by atoms with Gasteiger partial charge in [0.05, 0.1) is 0 Å². The maximum absolute atomic E-state index is 3.63. The predicted molar refractivity (Wildman–Crippen MR) is 79.1 cm³/mol. The van der Waals surface area contributed by atoms with Gasteiger partial charge in [0.1, 0.15) is 0 Å². The van der Waals surface area contributed by atoms with Gasteiger partial charge in [0.15, 0.2) is 0 Å². The molecule has 1 fully saturated rings. The van der Waals surface area contributed by atoms with E-state index in [1.165, 1.54) is 29.8 Å². The Morgan fingerprint density at radius 1 is 1.35 bits per heavy atom. The van der Waals surface area contributed by atoms with Crippen LogP contribution in [0.2, 0.25) is 0 Å². The SMILES string of the molecule is CCC(C)c1ccc(NC2CSC(C)C2)cc1. The summed E-state index contributed by atoms with van der Waals surface area (Å²) in [5.74, 6) is 1.92. The molecule has 0 bridgehead atoms. The summed E-state index contributed by atoms with van der Waals surface area (Å²) in [5.41, 5.74) is 2.73. The van der Waals surface area contributed by atoms with E-state index < -0.39 is 0 Å². The van der Waals surface area contributed by atoms with Gasteiger partial charge in [0.2, 0.25) is 0 Å². The lowest BCUT2D eigenvalue weighted by molar-refractivity contribution is 0.732. The fourth-order valence-electron chi connectivity index (χ4n) is 2.30. The molecule has 0 aromatic heterocycles. The van der Waals surface area contributed by atoms with E-state index in [9.17, 15) is 0 Å². The van der Waals surface area contributed by atoms with Crippen LogP contribution >= 0.6 is 11.8 Å². The van der Waals surface area contributed by atoms with Crippen LogP contribution in [0.25, 0.3) is 0 Å². The zero-order valence-corrected chi connectivity index (χ0v) is 11.9. The second-order valence-corrected chi connectivity index (χ2v) is 6.62. The van der Waals surface area contributed by atoms with Crippen molar-refractivity contribution in [1.29, 1.82) is 0 Å². The second-order valence-electron chi connectivity index (χ2n) is 5.15. The smallest absolute Gasteiger partial charge is 0.0362 e. The van der Waals surface area contributed by atoms with Gasteiger partial charge in [-0.25, -0.2) is 0 Å². The quantitative estimate of drug-likeness (QED) is 0.843. The van der Waals surface area contributed by atoms with E-state index in [-0.39, 0.29) is 0 Å². The van der Waals surface area contributed by atoms with Crippen LogP contribution in [0, 0.1) is 0 Å². The molecule has 0 aliphatic carbocycles. The molecule has 0 amide bonds. The van der Waals surface area contributed by atoms with Crippen LogP contribution in [-0.2, 0) is 0 Å². The van der Waals surface area contributed by atoms with E-state index >= 15 is 0 Å². The number of thioether (sulfide) groups is 1. The van der Waals surface area contributed by atoms with Gasteiger partial charge >= 0.3 is 0 Å². The summed E-state index contributed by atoms with van der Waals surface area (Å²) in [6.45, 7) is 6.85. The molecule has 1 aliphatic heterocycles. The first-order valence-corrected chi connectivity index (χ1v) is 7.72. The van der Waals surface area contributed by atoms with Gasteiger partial charge in [-0.3, -0.25) is 0 Å². The van der Waals surface area contributed by atoms with Crippen molar-refractivity contribution in [2.24, 2.45) is 0 Å². The van der Waals surface area contributed by atoms with Gasteiger partial charge in [-0.1, -0.05) is 32.9 Å². The number of benzene rings is 1. The Bertz CT molecular complexity index is 346. The third-order valence-corrected chi connectivity index (χ3v) is 5.02. The third-order valence-electron chi connectivity index (χ3n) is 3.66. The van der Waals surface area contributed by atoms with Crippen molar-refractivity contribution in [1.82, 2.24) is 0 Å². The molecule has 3 atom stereocenters. The Morgan fingerprint density at radius 2 is 2.06 bits per heavy atom. The largest absolute Gasteiger partial charge is 0.381 e. The van der Waals surface area contributed by atoms with Crippen LogP contribution in [-0.4, -0.2) is 17.0 Å². The first-order valence-electron chi connectivity index (χ1n) is 6.67. The third kappa shape index (κ3) is 3.41. The highest BCUT2D eigenvalue weighted by Crippen LogP contribution is 2.28. The Hall–Kier alpha value is -0.630. The molecule has 2 rings (SSSR count). The van der Waals surface area contributed by atoms with Crippen molar-refractivity contribution in [3.05, 3.63) is 29.8 Å². The van der Waals surface area contributed by atoms with Gasteiger partial charge in [-0.15, -0.1) is 0 Å². The summed E-state index contributed by atoms with van der Waals surface area (Å²) in [5, 5.41) is 4.45. The van der Waals surface area contributed by atoms with Crippen molar-refractivity contribution < 1.29 is 0 Å². The highest BCUT2D eigenvalue weighted by atomic mass is 32.2. The summed E-state index contributed by atoms with van der Waals surface area (Å²) < 4.78 is 0. The van der Waals surface area contributed by atoms with Crippen molar-refractivity contribution in [2.45, 2.75) is 50.8 Å². The molecule has 1 heterocycles. The molecule has 0 radical (unpaired) electrons. The monoisotopic (exact) mass is 249 g/mol. The maximum atomic E-state index is 3.63. The molecule has 1 N–H and O–H groups in total. The Kier molecular flexibility index (Phi) is 4.38. The molecule has 94 valence electrons. The summed E-state index contributed by atoms with van der Waals surface area (Å²) >= 11 is 2.07. The first kappa shape index (κ1) is 12.8. The van der Waals surface area contributed by atoms with Gasteiger partial charge in [0, 0.05) is 22.7 Å². The average Bonchev–Trinajstić information content (AvgIpc) is 2.75. The minimum Gasteiger partial charge on any atom is -0.381 e. The zero-order chi connectivity index (χ0) is 12.3. The number of hydrogen-bond acceptors (Lipinski definition) is 2. The van der Waals surface area contributed by atoms with Gasteiger partial charge in [-0.2, -0.15) is 11.8 Å². The van der Waals surface area contributed by atoms with Crippen LogP contribution in [0.3, 0.4) is 0 Å². The lowest BCUT2D eigenvalue weighted by atomic mass is 9.98. The molecule has 3 unspecified atom stereocenters. The average molecular weight is 249 g/mol. The van der Waals surface area contributed by atoms with Crippen LogP contribution in [0.5, 0.6) is 0 Å². The normalized spacial score (nSPS) is 25.8. The predicted octanol–water partition coefficient (Wildman–Crippen LogP) is 4.51. The summed E-state index contributed by atoms with van der Waals surface area (Å²) in [6.07, 6.45) is 2.50. The highest BCUT2D eigenvalue weighted by Gasteiger charge is 2.21. The summed E-state index contributed by atoms with van der Waals surface area (Å²) in [7, 11) is 0. The van der Waals surface area contributed by atoms with E-state index in [0.29, 0.717) is 12.0 Å². The molecule has 0 spiro atoms. The fourth-order valence-corrected chi connectivity index (χ4v) is 3.45. The van der Waals surface area contributed by atoms with E-state index in [1.807, 2.05) is 0 Å². The molecule has 1 nitrogen and oxygen atoms in total. The Labute approximate surface area is 109 Å². The van der Waals surface area contributed by atoms with Crippen molar-refractivity contribution >= 4 is 17.4 Å². The van der Waals surface area contributed by atoms with Crippen molar-refractivity contribution in [3.63, 3.8) is 0 Å². The molecule has 1 aromatic rings. The molecule has 1 saturated heterocycles. The molecule has 17 heavy (non-hydrogen) atoms. The van der Waals surface area contributed by atoms with E-state index in [2.05, 4.69) is 62.1 Å². The molecular weight excluding hydrogens is 226 g/mol. The molecule has 1 aromatic carbocycles. The molecule has 2 heteroatoms. The van der Waals surface area contributed by atoms with Crippen molar-refractivity contribution in [2.75, 3.05) is 11.1 Å². The number of anilines is 1. The van der Waals surface area contributed by atoms with Gasteiger partial charge in [-0.05, 0) is 36.5 Å². The Morgan fingerprint density at radius 3 is 2.59 bits per heavy atom. The van der Waals surface area contributed by atoms with E-state index in [4.69, 9.17) is 0 Å². The second kappa shape index (κ2) is 5.81.